The molecular formula is C21H22N8O3. The van der Waals surface area contributed by atoms with E-state index < -0.39 is 0 Å². The Hall–Kier alpha value is -3.83. The lowest BCUT2D eigenvalue weighted by Gasteiger charge is -2.27. The molecule has 0 saturated carbocycles. The zero-order chi connectivity index (χ0) is 21.9. The number of anilines is 3. The molecule has 3 aromatic heterocycles. The van der Waals surface area contributed by atoms with Crippen LogP contribution in [0.3, 0.4) is 0 Å². The first-order valence-corrected chi connectivity index (χ1v) is 10.3. The van der Waals surface area contributed by atoms with Crippen molar-refractivity contribution in [2.24, 2.45) is 0 Å². The van der Waals surface area contributed by atoms with Crippen molar-refractivity contribution in [3.05, 3.63) is 54.6 Å². The molecule has 4 heterocycles. The lowest BCUT2D eigenvalue weighted by atomic mass is 10.1. The number of aliphatic hydroxyl groups is 1. The number of nitrogens with zero attached hydrogens (tertiary/aromatic N) is 7. The average molecular weight is 434 g/mol. The van der Waals surface area contributed by atoms with Crippen molar-refractivity contribution in [2.75, 3.05) is 36.6 Å². The van der Waals surface area contributed by atoms with Crippen molar-refractivity contribution in [1.82, 2.24) is 29.5 Å². The molecule has 1 aliphatic heterocycles. The monoisotopic (exact) mass is 434 g/mol. The molecule has 1 aliphatic rings. The summed E-state index contributed by atoms with van der Waals surface area (Å²) in [6.45, 7) is 2.13. The molecule has 4 aromatic rings. The summed E-state index contributed by atoms with van der Waals surface area (Å²) in [6.07, 6.45) is 6.88. The Kier molecular flexibility index (Phi) is 5.48. The van der Waals surface area contributed by atoms with E-state index in [4.69, 9.17) is 9.84 Å². The highest BCUT2D eigenvalue weighted by Crippen LogP contribution is 2.21. The fourth-order valence-corrected chi connectivity index (χ4v) is 3.61. The second-order valence-corrected chi connectivity index (χ2v) is 7.38. The molecule has 5 rings (SSSR count). The molecule has 32 heavy (non-hydrogen) atoms. The standard InChI is InChI=1S/C21H22N8O3/c30-6-4-27-13-17(11-23-27)25-21-22-9-16-10-24-29(20(16)26-21)12-15-2-1-3-18(8-15)28-5-7-32-14-19(28)31/h1-3,8-11,13,30H,4-7,12,14H2,(H,22,25,26). The van der Waals surface area contributed by atoms with Crippen molar-refractivity contribution in [1.29, 1.82) is 0 Å². The lowest BCUT2D eigenvalue weighted by molar-refractivity contribution is -0.125. The third-order valence-electron chi connectivity index (χ3n) is 5.14. The molecule has 1 amide bonds. The predicted molar refractivity (Wildman–Crippen MR) is 117 cm³/mol. The maximum Gasteiger partial charge on any atom is 0.253 e. The molecule has 1 aromatic carbocycles. The van der Waals surface area contributed by atoms with Crippen molar-refractivity contribution >= 4 is 34.3 Å². The molecule has 1 saturated heterocycles. The van der Waals surface area contributed by atoms with Crippen LogP contribution in [0.5, 0.6) is 0 Å². The van der Waals surface area contributed by atoms with E-state index in [9.17, 15) is 4.79 Å². The highest BCUT2D eigenvalue weighted by Gasteiger charge is 2.20. The summed E-state index contributed by atoms with van der Waals surface area (Å²) in [7, 11) is 0. The van der Waals surface area contributed by atoms with Crippen LogP contribution in [0.1, 0.15) is 5.56 Å². The number of benzene rings is 1. The SMILES string of the molecule is O=C1COCCN1c1cccc(Cn2ncc3cnc(Nc4cnn(CCO)c4)nc32)c1. The summed E-state index contributed by atoms with van der Waals surface area (Å²) < 4.78 is 8.66. The summed E-state index contributed by atoms with van der Waals surface area (Å²) in [5, 5.41) is 21.6. The van der Waals surface area contributed by atoms with Gasteiger partial charge >= 0.3 is 0 Å². The summed E-state index contributed by atoms with van der Waals surface area (Å²) in [4.78, 5) is 22.9. The number of amides is 1. The molecule has 164 valence electrons. The van der Waals surface area contributed by atoms with E-state index in [0.717, 1.165) is 22.3 Å². The Morgan fingerprint density at radius 2 is 2.12 bits per heavy atom. The fourth-order valence-electron chi connectivity index (χ4n) is 3.61. The van der Waals surface area contributed by atoms with Crippen LogP contribution < -0.4 is 10.2 Å². The van der Waals surface area contributed by atoms with Crippen LogP contribution in [0.15, 0.2) is 49.1 Å². The number of ether oxygens (including phenoxy) is 1. The summed E-state index contributed by atoms with van der Waals surface area (Å²) in [6, 6.07) is 7.85. The van der Waals surface area contributed by atoms with Crippen molar-refractivity contribution in [3.63, 3.8) is 0 Å². The maximum atomic E-state index is 12.2. The van der Waals surface area contributed by atoms with E-state index in [-0.39, 0.29) is 19.1 Å². The number of carbonyl (C=O) groups excluding carboxylic acids is 1. The van der Waals surface area contributed by atoms with Crippen LogP contribution in [0.25, 0.3) is 11.0 Å². The molecule has 0 aliphatic carbocycles. The number of morpholine rings is 1. The third-order valence-corrected chi connectivity index (χ3v) is 5.14. The molecule has 1 fully saturated rings. The summed E-state index contributed by atoms with van der Waals surface area (Å²) in [5.41, 5.74) is 3.28. The number of nitrogens with one attached hydrogen (secondary N) is 1. The lowest BCUT2D eigenvalue weighted by Crippen LogP contribution is -2.41. The van der Waals surface area contributed by atoms with Crippen LogP contribution in [-0.2, 0) is 22.6 Å². The topological polar surface area (TPSA) is 123 Å². The van der Waals surface area contributed by atoms with Gasteiger partial charge in [-0.2, -0.15) is 15.2 Å². The second kappa shape index (κ2) is 8.73. The van der Waals surface area contributed by atoms with Gasteiger partial charge in [0, 0.05) is 24.6 Å². The van der Waals surface area contributed by atoms with E-state index in [1.807, 2.05) is 24.3 Å². The first-order valence-electron chi connectivity index (χ1n) is 10.3. The van der Waals surface area contributed by atoms with Crippen LogP contribution in [0.4, 0.5) is 17.3 Å². The molecule has 11 heteroatoms. The van der Waals surface area contributed by atoms with Gasteiger partial charge in [0.25, 0.3) is 5.91 Å². The zero-order valence-corrected chi connectivity index (χ0v) is 17.3. The maximum absolute atomic E-state index is 12.2. The first-order chi connectivity index (χ1) is 15.7. The van der Waals surface area contributed by atoms with Crippen molar-refractivity contribution in [3.8, 4) is 0 Å². The van der Waals surface area contributed by atoms with Gasteiger partial charge in [-0.05, 0) is 17.7 Å². The number of hydrogen-bond donors (Lipinski definition) is 2. The van der Waals surface area contributed by atoms with Gasteiger partial charge in [-0.25, -0.2) is 9.67 Å². The number of hydrogen-bond acceptors (Lipinski definition) is 8. The van der Waals surface area contributed by atoms with E-state index in [2.05, 4.69) is 25.5 Å². The summed E-state index contributed by atoms with van der Waals surface area (Å²) >= 11 is 0. The largest absolute Gasteiger partial charge is 0.394 e. The Morgan fingerprint density at radius 1 is 1.19 bits per heavy atom. The second-order valence-electron chi connectivity index (χ2n) is 7.38. The van der Waals surface area contributed by atoms with E-state index in [1.54, 1.807) is 39.1 Å². The fraction of sp³-hybridized carbons (Fsp3) is 0.286. The normalized spacial score (nSPS) is 14.3. The van der Waals surface area contributed by atoms with Gasteiger partial charge in [-0.3, -0.25) is 9.48 Å². The van der Waals surface area contributed by atoms with E-state index in [1.165, 1.54) is 0 Å². The van der Waals surface area contributed by atoms with E-state index >= 15 is 0 Å². The van der Waals surface area contributed by atoms with Crippen molar-refractivity contribution in [2.45, 2.75) is 13.1 Å². The van der Waals surface area contributed by atoms with Gasteiger partial charge in [-0.15, -0.1) is 0 Å². The molecule has 0 atom stereocenters. The number of aromatic nitrogens is 6. The Bertz CT molecular complexity index is 1250. The minimum Gasteiger partial charge on any atom is -0.394 e. The predicted octanol–water partition coefficient (Wildman–Crippen LogP) is 1.17. The van der Waals surface area contributed by atoms with Gasteiger partial charge in [-0.1, -0.05) is 12.1 Å². The first kappa shape index (κ1) is 20.1. The van der Waals surface area contributed by atoms with Crippen molar-refractivity contribution < 1.29 is 14.6 Å². The average Bonchev–Trinajstić information content (AvgIpc) is 3.41. The molecule has 11 nitrogen and oxygen atoms in total. The molecule has 0 unspecified atom stereocenters. The minimum absolute atomic E-state index is 0.0175. The molecule has 2 N–H and O–H groups in total. The Balaban J connectivity index is 1.37. The van der Waals surface area contributed by atoms with Gasteiger partial charge in [0.2, 0.25) is 5.95 Å². The Labute approximate surface area is 183 Å². The molecular weight excluding hydrogens is 412 g/mol. The minimum atomic E-state index is -0.0382. The summed E-state index contributed by atoms with van der Waals surface area (Å²) in [5.74, 6) is 0.388. The number of aliphatic hydroxyl groups excluding tert-OH is 1. The van der Waals surface area contributed by atoms with Gasteiger partial charge in [0.15, 0.2) is 5.65 Å². The third kappa shape index (κ3) is 4.15. The highest BCUT2D eigenvalue weighted by atomic mass is 16.5. The van der Waals surface area contributed by atoms with Crippen LogP contribution in [0.2, 0.25) is 0 Å². The molecule has 0 bridgehead atoms. The van der Waals surface area contributed by atoms with Gasteiger partial charge in [0.1, 0.15) is 6.61 Å². The van der Waals surface area contributed by atoms with Gasteiger partial charge < -0.3 is 20.1 Å². The van der Waals surface area contributed by atoms with Gasteiger partial charge in [0.05, 0.1) is 49.8 Å². The highest BCUT2D eigenvalue weighted by molar-refractivity contribution is 5.94. The number of fused-ring (bicyclic) bond motifs is 1. The quantitative estimate of drug-likeness (QED) is 0.444. The van der Waals surface area contributed by atoms with Crippen LogP contribution >= 0.6 is 0 Å². The molecule has 0 spiro atoms. The Morgan fingerprint density at radius 3 is 3.00 bits per heavy atom. The number of carbonyl (C=O) groups is 1. The number of rotatable bonds is 7. The molecule has 0 radical (unpaired) electrons. The van der Waals surface area contributed by atoms with Crippen LogP contribution in [0, 0.1) is 0 Å². The van der Waals surface area contributed by atoms with E-state index in [0.29, 0.717) is 37.8 Å². The smallest absolute Gasteiger partial charge is 0.253 e. The zero-order valence-electron chi connectivity index (χ0n) is 17.3. The van der Waals surface area contributed by atoms with Crippen LogP contribution in [-0.4, -0.2) is 66.9 Å².